The number of alkyl halides is 1. The Labute approximate surface area is 126 Å². The van der Waals surface area contributed by atoms with E-state index in [-0.39, 0.29) is 6.42 Å². The molecule has 1 atom stereocenters. The summed E-state index contributed by atoms with van der Waals surface area (Å²) < 4.78 is 66.8. The number of aryl methyl sites for hydroxylation is 1. The minimum Gasteiger partial charge on any atom is -0.203 e. The molecule has 6 heteroatoms. The van der Waals surface area contributed by atoms with Gasteiger partial charge in [0.05, 0.1) is 0 Å². The highest BCUT2D eigenvalue weighted by atomic mass is 79.9. The van der Waals surface area contributed by atoms with Gasteiger partial charge in [-0.3, -0.25) is 0 Å². The van der Waals surface area contributed by atoms with E-state index in [1.54, 1.807) is 31.2 Å². The first-order valence-electron chi connectivity index (χ1n) is 6.04. The molecule has 0 aliphatic carbocycles. The third-order valence-electron chi connectivity index (χ3n) is 3.22. The fourth-order valence-corrected chi connectivity index (χ4v) is 2.78. The molecule has 1 unspecified atom stereocenters. The molecule has 0 aliphatic heterocycles. The lowest BCUT2D eigenvalue weighted by molar-refractivity contribution is 0.369. The van der Waals surface area contributed by atoms with Crippen LogP contribution in [0.25, 0.3) is 0 Å². The third-order valence-corrected chi connectivity index (χ3v) is 4.00. The van der Waals surface area contributed by atoms with E-state index in [2.05, 4.69) is 15.9 Å². The molecule has 112 valence electrons. The Morgan fingerprint density at radius 1 is 0.857 bits per heavy atom. The minimum absolute atomic E-state index is 0.102. The van der Waals surface area contributed by atoms with Gasteiger partial charge in [-0.15, -0.1) is 0 Å². The molecule has 0 spiro atoms. The minimum atomic E-state index is -2.15. The summed E-state index contributed by atoms with van der Waals surface area (Å²) in [5.74, 6) is -9.62. The highest BCUT2D eigenvalue weighted by Crippen LogP contribution is 2.35. The number of halogens is 6. The number of hydrogen-bond acceptors (Lipinski definition) is 0. The van der Waals surface area contributed by atoms with Crippen LogP contribution in [0.2, 0.25) is 0 Å². The summed E-state index contributed by atoms with van der Waals surface area (Å²) >= 11 is 3.02. The van der Waals surface area contributed by atoms with Gasteiger partial charge in [-0.05, 0) is 24.5 Å². The van der Waals surface area contributed by atoms with E-state index in [9.17, 15) is 22.0 Å². The van der Waals surface area contributed by atoms with Gasteiger partial charge in [0, 0.05) is 10.4 Å². The Balaban J connectivity index is 2.45. The van der Waals surface area contributed by atoms with Crippen molar-refractivity contribution in [2.24, 2.45) is 0 Å². The van der Waals surface area contributed by atoms with Crippen LogP contribution in [0, 0.1) is 36.0 Å². The fraction of sp³-hybridized carbons (Fsp3) is 0.200. The Kier molecular flexibility index (Phi) is 4.66. The normalized spacial score (nSPS) is 12.5. The Bertz CT molecular complexity index is 655. The average molecular weight is 365 g/mol. The van der Waals surface area contributed by atoms with Crippen LogP contribution in [0.4, 0.5) is 22.0 Å². The highest BCUT2D eigenvalue weighted by molar-refractivity contribution is 9.09. The van der Waals surface area contributed by atoms with Gasteiger partial charge in [0.15, 0.2) is 23.3 Å². The molecule has 0 heterocycles. The molecule has 0 N–H and O–H groups in total. The lowest BCUT2D eigenvalue weighted by Crippen LogP contribution is -2.10. The number of benzene rings is 2. The first-order valence-corrected chi connectivity index (χ1v) is 6.96. The third kappa shape index (κ3) is 2.95. The second-order valence-electron chi connectivity index (χ2n) is 4.58. The summed E-state index contributed by atoms with van der Waals surface area (Å²) in [6.07, 6.45) is 0.102. The Morgan fingerprint density at radius 2 is 1.33 bits per heavy atom. The quantitative estimate of drug-likeness (QED) is 0.297. The van der Waals surface area contributed by atoms with Crippen LogP contribution in [-0.4, -0.2) is 0 Å². The van der Waals surface area contributed by atoms with E-state index in [4.69, 9.17) is 0 Å². The van der Waals surface area contributed by atoms with Crippen LogP contribution in [0.3, 0.4) is 0 Å². The van der Waals surface area contributed by atoms with Gasteiger partial charge in [-0.1, -0.05) is 40.2 Å². The molecular weight excluding hydrogens is 355 g/mol. The largest absolute Gasteiger partial charge is 0.203 e. The molecule has 0 radical (unpaired) electrons. The lowest BCUT2D eigenvalue weighted by atomic mass is 9.99. The Hall–Kier alpha value is -1.43. The molecule has 2 rings (SSSR count). The van der Waals surface area contributed by atoms with Crippen molar-refractivity contribution in [2.45, 2.75) is 18.2 Å². The van der Waals surface area contributed by atoms with E-state index >= 15 is 0 Å². The van der Waals surface area contributed by atoms with Crippen molar-refractivity contribution < 1.29 is 22.0 Å². The molecule has 0 fully saturated rings. The van der Waals surface area contributed by atoms with Crippen LogP contribution in [0.5, 0.6) is 0 Å². The van der Waals surface area contributed by atoms with Crippen molar-refractivity contribution >= 4 is 15.9 Å². The predicted octanol–water partition coefficient (Wildman–Crippen LogP) is 5.37. The van der Waals surface area contributed by atoms with Crippen LogP contribution in [0.15, 0.2) is 24.3 Å². The lowest BCUT2D eigenvalue weighted by Gasteiger charge is -2.15. The zero-order chi connectivity index (χ0) is 15.7. The molecule has 0 aliphatic rings. The molecule has 0 bridgehead atoms. The summed E-state index contributed by atoms with van der Waals surface area (Å²) in [4.78, 5) is -1.02. The van der Waals surface area contributed by atoms with Gasteiger partial charge in [0.2, 0.25) is 5.82 Å². The molecule has 2 aromatic carbocycles. The zero-order valence-corrected chi connectivity index (χ0v) is 12.4. The second kappa shape index (κ2) is 6.13. The molecule has 2 aromatic rings. The molecule has 0 saturated carbocycles. The maximum absolute atomic E-state index is 13.7. The molecule has 0 amide bonds. The summed E-state index contributed by atoms with van der Waals surface area (Å²) in [6.45, 7) is 1.80. The van der Waals surface area contributed by atoms with Crippen LogP contribution in [0.1, 0.15) is 21.5 Å². The van der Waals surface area contributed by atoms with Gasteiger partial charge in [0.1, 0.15) is 0 Å². The SMILES string of the molecule is Cc1ccccc1CC(Br)c1c(F)c(F)c(F)c(F)c1F. The molecule has 0 saturated heterocycles. The smallest absolute Gasteiger partial charge is 0.200 e. The maximum Gasteiger partial charge on any atom is 0.200 e. The van der Waals surface area contributed by atoms with Gasteiger partial charge in [-0.25, -0.2) is 22.0 Å². The topological polar surface area (TPSA) is 0 Å². The average Bonchev–Trinajstić information content (AvgIpc) is 2.46. The molecule has 0 nitrogen and oxygen atoms in total. The predicted molar refractivity (Wildman–Crippen MR) is 72.8 cm³/mol. The molecular formula is C15H10BrF5. The fourth-order valence-electron chi connectivity index (χ4n) is 2.03. The van der Waals surface area contributed by atoms with Gasteiger partial charge >= 0.3 is 0 Å². The highest BCUT2D eigenvalue weighted by Gasteiger charge is 2.29. The van der Waals surface area contributed by atoms with Crippen LogP contribution in [-0.2, 0) is 6.42 Å². The first kappa shape index (κ1) is 15.9. The summed E-state index contributed by atoms with van der Waals surface area (Å²) in [7, 11) is 0. The summed E-state index contributed by atoms with van der Waals surface area (Å²) in [6, 6.07) is 7.06. The number of hydrogen-bond donors (Lipinski definition) is 0. The van der Waals surface area contributed by atoms with Crippen molar-refractivity contribution in [3.63, 3.8) is 0 Å². The first-order chi connectivity index (χ1) is 9.84. The molecule has 0 aromatic heterocycles. The van der Waals surface area contributed by atoms with E-state index < -0.39 is 39.5 Å². The second-order valence-corrected chi connectivity index (χ2v) is 5.69. The van der Waals surface area contributed by atoms with E-state index in [1.807, 2.05) is 0 Å². The van der Waals surface area contributed by atoms with Crippen LogP contribution >= 0.6 is 15.9 Å². The van der Waals surface area contributed by atoms with Crippen molar-refractivity contribution in [1.82, 2.24) is 0 Å². The zero-order valence-electron chi connectivity index (χ0n) is 10.9. The van der Waals surface area contributed by atoms with Crippen molar-refractivity contribution in [1.29, 1.82) is 0 Å². The van der Waals surface area contributed by atoms with Gasteiger partial charge < -0.3 is 0 Å². The number of rotatable bonds is 3. The van der Waals surface area contributed by atoms with E-state index in [0.29, 0.717) is 0 Å². The van der Waals surface area contributed by atoms with Crippen molar-refractivity contribution in [3.05, 3.63) is 70.0 Å². The standard InChI is InChI=1S/C15H10BrF5/c1-7-4-2-3-5-8(7)6-9(16)10-11(17)13(19)15(21)14(20)12(10)18/h2-5,9H,6H2,1H3. The monoisotopic (exact) mass is 364 g/mol. The van der Waals surface area contributed by atoms with Gasteiger partial charge in [-0.2, -0.15) is 0 Å². The maximum atomic E-state index is 13.7. The molecule has 21 heavy (non-hydrogen) atoms. The summed E-state index contributed by atoms with van der Waals surface area (Å²) in [5, 5.41) is 0. The van der Waals surface area contributed by atoms with E-state index in [1.165, 1.54) is 0 Å². The summed E-state index contributed by atoms with van der Waals surface area (Å²) in [5.41, 5.74) is 0.767. The Morgan fingerprint density at radius 3 is 1.86 bits per heavy atom. The van der Waals surface area contributed by atoms with Crippen molar-refractivity contribution in [2.75, 3.05) is 0 Å². The van der Waals surface area contributed by atoms with Crippen LogP contribution < -0.4 is 0 Å². The van der Waals surface area contributed by atoms with Crippen molar-refractivity contribution in [3.8, 4) is 0 Å². The van der Waals surface area contributed by atoms with E-state index in [0.717, 1.165) is 11.1 Å². The van der Waals surface area contributed by atoms with Gasteiger partial charge in [0.25, 0.3) is 0 Å².